The van der Waals surface area contributed by atoms with Gasteiger partial charge in [-0.05, 0) is 0 Å². The number of amides is 1. The molecule has 0 aromatic rings. The lowest BCUT2D eigenvalue weighted by Gasteiger charge is -1.84. The highest BCUT2D eigenvalue weighted by atomic mass is 32.2. The van der Waals surface area contributed by atoms with Gasteiger partial charge in [0.2, 0.25) is 5.91 Å². The average Bonchev–Trinajstić information content (AvgIpc) is 1.87. The van der Waals surface area contributed by atoms with E-state index in [1.807, 2.05) is 0 Å². The van der Waals surface area contributed by atoms with Crippen LogP contribution < -0.4 is 5.32 Å². The molecule has 0 radical (unpaired) electrons. The van der Waals surface area contributed by atoms with Crippen LogP contribution in [0.5, 0.6) is 0 Å². The van der Waals surface area contributed by atoms with Gasteiger partial charge in [0.05, 0.1) is 10.8 Å². The number of carbonyl (C=O) groups excluding carboxylic acids is 1. The van der Waals surface area contributed by atoms with Crippen LogP contribution in [-0.2, 0) is 4.79 Å². The molecule has 3 heteroatoms. The Morgan fingerprint density at radius 3 is 2.86 bits per heavy atom. The minimum absolute atomic E-state index is 0. The molecule has 1 saturated heterocycles. The maximum absolute atomic E-state index is 10.3. The lowest BCUT2D eigenvalue weighted by atomic mass is 10.7. The molecular weight excluding hydrogens is 110 g/mol. The first-order valence-corrected chi connectivity index (χ1v) is 2.89. The normalized spacial score (nSPS) is 20.0. The summed E-state index contributed by atoms with van der Waals surface area (Å²) in [6.07, 6.45) is 0. The highest BCUT2D eigenvalue weighted by molar-refractivity contribution is 8.04. The van der Waals surface area contributed by atoms with E-state index in [-0.39, 0.29) is 7.33 Å². The van der Waals surface area contributed by atoms with Crippen LogP contribution in [0.1, 0.15) is 1.43 Å². The van der Waals surface area contributed by atoms with E-state index in [0.717, 1.165) is 5.03 Å². The number of nitrogens with one attached hydrogen (secondary N) is 1. The van der Waals surface area contributed by atoms with E-state index in [0.29, 0.717) is 5.75 Å². The predicted octanol–water partition coefficient (Wildman–Crippen LogP) is 0.567. The van der Waals surface area contributed by atoms with Gasteiger partial charge in [-0.15, -0.1) is 0 Å². The van der Waals surface area contributed by atoms with E-state index in [2.05, 4.69) is 11.9 Å². The van der Waals surface area contributed by atoms with Crippen molar-refractivity contribution in [3.63, 3.8) is 0 Å². The number of carbonyl (C=O) groups is 1. The van der Waals surface area contributed by atoms with E-state index in [1.54, 1.807) is 0 Å². The van der Waals surface area contributed by atoms with Gasteiger partial charge in [0, 0.05) is 1.43 Å². The summed E-state index contributed by atoms with van der Waals surface area (Å²) in [6.45, 7) is 3.54. The van der Waals surface area contributed by atoms with E-state index in [9.17, 15) is 4.79 Å². The molecule has 40 valence electrons. The van der Waals surface area contributed by atoms with Gasteiger partial charge >= 0.3 is 0 Å². The second kappa shape index (κ2) is 1.58. The second-order valence-electron chi connectivity index (χ2n) is 1.26. The lowest BCUT2D eigenvalue weighted by molar-refractivity contribution is -0.117. The molecule has 7 heavy (non-hydrogen) atoms. The third-order valence-corrected chi connectivity index (χ3v) is 1.51. The Hall–Kier alpha value is -0.440. The minimum Gasteiger partial charge on any atom is -0.320 e. The molecule has 0 spiro atoms. The zero-order valence-electron chi connectivity index (χ0n) is 3.73. The predicted molar refractivity (Wildman–Crippen MR) is 31.9 cm³/mol. The minimum atomic E-state index is 0. The standard InChI is InChI=1S/C4H5NOS.H2/c1-3-5-4(6)2-7-3;/h1-2H2,(H,5,6);1H. The van der Waals surface area contributed by atoms with Crippen LogP contribution in [0, 0.1) is 0 Å². The van der Waals surface area contributed by atoms with Crippen molar-refractivity contribution in [3.8, 4) is 0 Å². The monoisotopic (exact) mass is 117 g/mol. The van der Waals surface area contributed by atoms with Gasteiger partial charge in [-0.25, -0.2) is 0 Å². The van der Waals surface area contributed by atoms with Gasteiger partial charge in [0.25, 0.3) is 0 Å². The highest BCUT2D eigenvalue weighted by Gasteiger charge is 2.11. The van der Waals surface area contributed by atoms with Crippen molar-refractivity contribution in [1.29, 1.82) is 0 Å². The van der Waals surface area contributed by atoms with E-state index in [4.69, 9.17) is 0 Å². The molecule has 0 atom stereocenters. The lowest BCUT2D eigenvalue weighted by Crippen LogP contribution is -2.12. The molecule has 0 aliphatic carbocycles. The fraction of sp³-hybridized carbons (Fsp3) is 0.250. The van der Waals surface area contributed by atoms with Crippen molar-refractivity contribution in [1.82, 2.24) is 5.32 Å². The Kier molecular flexibility index (Phi) is 1.06. The molecule has 1 N–H and O–H groups in total. The van der Waals surface area contributed by atoms with Crippen molar-refractivity contribution in [2.45, 2.75) is 0 Å². The van der Waals surface area contributed by atoms with Crippen LogP contribution in [0.4, 0.5) is 0 Å². The molecular formula is C4H7NOS. The average molecular weight is 117 g/mol. The first-order chi connectivity index (χ1) is 3.29. The van der Waals surface area contributed by atoms with Crippen molar-refractivity contribution >= 4 is 17.7 Å². The first kappa shape index (κ1) is 4.71. The molecule has 1 rings (SSSR count). The molecule has 0 aromatic carbocycles. The fourth-order valence-corrected chi connectivity index (χ4v) is 0.944. The molecule has 0 saturated carbocycles. The summed E-state index contributed by atoms with van der Waals surface area (Å²) in [7, 11) is 0. The highest BCUT2D eigenvalue weighted by Crippen LogP contribution is 2.14. The van der Waals surface area contributed by atoms with Crippen LogP contribution in [0.3, 0.4) is 0 Å². The molecule has 1 fully saturated rings. The Balaban J connectivity index is 0.000000490. The quantitative estimate of drug-likeness (QED) is 0.502. The van der Waals surface area contributed by atoms with Crippen molar-refractivity contribution in [2.75, 3.05) is 5.75 Å². The van der Waals surface area contributed by atoms with Gasteiger partial charge in [0.15, 0.2) is 0 Å². The summed E-state index contributed by atoms with van der Waals surface area (Å²) in [6, 6.07) is 0. The summed E-state index contributed by atoms with van der Waals surface area (Å²) in [5.74, 6) is 0.605. The van der Waals surface area contributed by atoms with Gasteiger partial charge in [0.1, 0.15) is 0 Å². The second-order valence-corrected chi connectivity index (χ2v) is 2.33. The number of hydrogen-bond donors (Lipinski definition) is 1. The molecule has 1 heterocycles. The smallest absolute Gasteiger partial charge is 0.235 e. The molecule has 1 aliphatic heterocycles. The van der Waals surface area contributed by atoms with Crippen LogP contribution in [0.25, 0.3) is 0 Å². The first-order valence-electron chi connectivity index (χ1n) is 1.90. The zero-order chi connectivity index (χ0) is 5.28. The molecule has 1 aliphatic rings. The molecule has 1 amide bonds. The van der Waals surface area contributed by atoms with Gasteiger partial charge in [-0.2, -0.15) is 0 Å². The van der Waals surface area contributed by atoms with Crippen molar-refractivity contribution < 1.29 is 6.22 Å². The SMILES string of the molecule is C=C1NC(=O)CS1.[HH]. The fourth-order valence-electron chi connectivity index (χ4n) is 0.380. The van der Waals surface area contributed by atoms with Gasteiger partial charge in [-0.1, -0.05) is 18.3 Å². The molecule has 0 aromatic heterocycles. The van der Waals surface area contributed by atoms with E-state index in [1.165, 1.54) is 11.8 Å². The van der Waals surface area contributed by atoms with E-state index < -0.39 is 0 Å². The summed E-state index contributed by atoms with van der Waals surface area (Å²) in [4.78, 5) is 10.3. The Morgan fingerprint density at radius 2 is 2.71 bits per heavy atom. The topological polar surface area (TPSA) is 29.1 Å². The van der Waals surface area contributed by atoms with Crippen LogP contribution in [-0.4, -0.2) is 11.7 Å². The summed E-state index contributed by atoms with van der Waals surface area (Å²) < 4.78 is 0. The maximum Gasteiger partial charge on any atom is 0.235 e. The summed E-state index contributed by atoms with van der Waals surface area (Å²) in [5, 5.41) is 3.31. The van der Waals surface area contributed by atoms with Crippen LogP contribution in [0.2, 0.25) is 0 Å². The third-order valence-electron chi connectivity index (χ3n) is 0.656. The van der Waals surface area contributed by atoms with Crippen LogP contribution >= 0.6 is 11.8 Å². The van der Waals surface area contributed by atoms with Crippen LogP contribution in [0.15, 0.2) is 11.6 Å². The molecule has 0 bridgehead atoms. The van der Waals surface area contributed by atoms with E-state index >= 15 is 0 Å². The van der Waals surface area contributed by atoms with Gasteiger partial charge < -0.3 is 5.32 Å². The maximum atomic E-state index is 10.3. The van der Waals surface area contributed by atoms with Gasteiger partial charge in [-0.3, -0.25) is 4.79 Å². The number of thioether (sulfide) groups is 1. The van der Waals surface area contributed by atoms with Crippen molar-refractivity contribution in [2.24, 2.45) is 0 Å². The largest absolute Gasteiger partial charge is 0.320 e. The summed E-state index contributed by atoms with van der Waals surface area (Å²) in [5.41, 5.74) is 0. The molecule has 0 unspecified atom stereocenters. The number of rotatable bonds is 0. The Bertz CT molecular complexity index is 111. The zero-order valence-corrected chi connectivity index (χ0v) is 4.55. The third kappa shape index (κ3) is 0.962. The summed E-state index contributed by atoms with van der Waals surface area (Å²) >= 11 is 1.45. The Labute approximate surface area is 47.5 Å². The number of hydrogen-bond acceptors (Lipinski definition) is 2. The Morgan fingerprint density at radius 1 is 2.00 bits per heavy atom. The molecule has 2 nitrogen and oxygen atoms in total. The van der Waals surface area contributed by atoms with Crippen molar-refractivity contribution in [3.05, 3.63) is 11.6 Å².